The fraction of sp³-hybridized carbons (Fsp3) is 0.500. The summed E-state index contributed by atoms with van der Waals surface area (Å²) in [7, 11) is 0. The number of halogens is 1. The van der Waals surface area contributed by atoms with Crippen molar-refractivity contribution in [3.8, 4) is 5.75 Å². The van der Waals surface area contributed by atoms with Gasteiger partial charge in [0.25, 0.3) is 0 Å². The molecule has 0 heterocycles. The van der Waals surface area contributed by atoms with Crippen molar-refractivity contribution in [3.05, 3.63) is 29.3 Å². The van der Waals surface area contributed by atoms with E-state index in [-0.39, 0.29) is 31.0 Å². The molecule has 2 N–H and O–H groups in total. The Balaban J connectivity index is 0.00000180. The maximum Gasteiger partial charge on any atom is 0.344 e. The van der Waals surface area contributed by atoms with Crippen LogP contribution in [0.1, 0.15) is 24.5 Å². The van der Waals surface area contributed by atoms with Gasteiger partial charge in [-0.05, 0) is 49.4 Å². The number of ether oxygens (including phenoxy) is 2. The predicted molar refractivity (Wildman–Crippen MR) is 75.8 cm³/mol. The lowest BCUT2D eigenvalue weighted by molar-refractivity contribution is -0.145. The number of carbonyl (C=O) groups excluding carboxylic acids is 1. The van der Waals surface area contributed by atoms with Gasteiger partial charge in [-0.1, -0.05) is 6.07 Å². The Morgan fingerprint density at radius 2 is 2.21 bits per heavy atom. The maximum absolute atomic E-state index is 11.2. The largest absolute Gasteiger partial charge is 0.482 e. The molecule has 0 saturated heterocycles. The normalized spacial score (nSPS) is 17.1. The molecule has 1 aromatic rings. The lowest BCUT2D eigenvalue weighted by Crippen LogP contribution is -2.27. The molecule has 1 atom stereocenters. The van der Waals surface area contributed by atoms with E-state index in [1.54, 1.807) is 6.92 Å². The summed E-state index contributed by atoms with van der Waals surface area (Å²) in [5.74, 6) is 0.364. The van der Waals surface area contributed by atoms with E-state index in [9.17, 15) is 4.79 Å². The number of hydrogen-bond acceptors (Lipinski definition) is 4. The summed E-state index contributed by atoms with van der Waals surface area (Å²) in [5.41, 5.74) is 8.51. The van der Waals surface area contributed by atoms with Gasteiger partial charge in [-0.3, -0.25) is 0 Å². The molecule has 1 aromatic carbocycles. The van der Waals surface area contributed by atoms with Crippen molar-refractivity contribution in [2.45, 2.75) is 32.2 Å². The van der Waals surface area contributed by atoms with Crippen LogP contribution in [0.15, 0.2) is 18.2 Å². The molecule has 0 amide bonds. The van der Waals surface area contributed by atoms with Gasteiger partial charge in [0, 0.05) is 6.04 Å². The van der Waals surface area contributed by atoms with Gasteiger partial charge >= 0.3 is 5.97 Å². The molecule has 4 nitrogen and oxygen atoms in total. The first kappa shape index (κ1) is 15.8. The summed E-state index contributed by atoms with van der Waals surface area (Å²) in [4.78, 5) is 11.2. The Hall–Kier alpha value is -1.26. The van der Waals surface area contributed by atoms with E-state index in [0.29, 0.717) is 12.4 Å². The molecule has 1 aliphatic rings. The summed E-state index contributed by atoms with van der Waals surface area (Å²) in [6, 6.07) is 6.17. The van der Waals surface area contributed by atoms with Crippen LogP contribution in [0.4, 0.5) is 0 Å². The fourth-order valence-corrected chi connectivity index (χ4v) is 2.20. The van der Waals surface area contributed by atoms with Gasteiger partial charge in [-0.25, -0.2) is 4.79 Å². The Bertz CT molecular complexity index is 437. The van der Waals surface area contributed by atoms with E-state index in [1.165, 1.54) is 11.1 Å². The molecule has 5 heteroatoms. The molecule has 0 saturated carbocycles. The minimum atomic E-state index is -0.341. The van der Waals surface area contributed by atoms with E-state index >= 15 is 0 Å². The van der Waals surface area contributed by atoms with Crippen molar-refractivity contribution in [2.75, 3.05) is 13.2 Å². The summed E-state index contributed by atoms with van der Waals surface area (Å²) < 4.78 is 10.2. The third kappa shape index (κ3) is 4.40. The lowest BCUT2D eigenvalue weighted by atomic mass is 9.89. The van der Waals surface area contributed by atoms with Crippen molar-refractivity contribution in [1.29, 1.82) is 0 Å². The average molecular weight is 286 g/mol. The Morgan fingerprint density at radius 3 is 2.95 bits per heavy atom. The number of rotatable bonds is 4. The van der Waals surface area contributed by atoms with Crippen molar-refractivity contribution in [2.24, 2.45) is 5.73 Å². The zero-order chi connectivity index (χ0) is 13.0. The number of carbonyl (C=O) groups is 1. The van der Waals surface area contributed by atoms with Gasteiger partial charge in [-0.2, -0.15) is 0 Å². The maximum atomic E-state index is 11.2. The summed E-state index contributed by atoms with van der Waals surface area (Å²) >= 11 is 0. The molecular weight excluding hydrogens is 266 g/mol. The van der Waals surface area contributed by atoms with Crippen LogP contribution in [0.2, 0.25) is 0 Å². The summed E-state index contributed by atoms with van der Waals surface area (Å²) in [6.07, 6.45) is 2.94. The molecule has 0 aromatic heterocycles. The van der Waals surface area contributed by atoms with Crippen molar-refractivity contribution in [3.63, 3.8) is 0 Å². The summed E-state index contributed by atoms with van der Waals surface area (Å²) in [5, 5.41) is 0. The highest BCUT2D eigenvalue weighted by Gasteiger charge is 2.16. The van der Waals surface area contributed by atoms with Crippen LogP contribution in [0.25, 0.3) is 0 Å². The Kier molecular flexibility index (Phi) is 6.12. The number of fused-ring (bicyclic) bond motifs is 1. The van der Waals surface area contributed by atoms with Crippen LogP contribution in [-0.2, 0) is 22.4 Å². The number of hydrogen-bond donors (Lipinski definition) is 1. The van der Waals surface area contributed by atoms with E-state index in [1.807, 2.05) is 12.1 Å². The standard InChI is InChI=1S/C14H19NO3.ClH/c1-2-17-14(16)9-18-13-6-4-10-3-5-12(15)7-11(10)8-13;/h4,6,8,12H,2-3,5,7,9,15H2,1H3;1H. The number of aryl methyl sites for hydroxylation is 1. The lowest BCUT2D eigenvalue weighted by Gasteiger charge is -2.21. The van der Waals surface area contributed by atoms with E-state index in [2.05, 4.69) is 6.07 Å². The molecule has 0 fully saturated rings. The van der Waals surface area contributed by atoms with Crippen LogP contribution >= 0.6 is 12.4 Å². The monoisotopic (exact) mass is 285 g/mol. The van der Waals surface area contributed by atoms with Gasteiger partial charge in [-0.15, -0.1) is 12.4 Å². The molecule has 1 unspecified atom stereocenters. The second-order valence-electron chi connectivity index (χ2n) is 4.53. The first-order valence-electron chi connectivity index (χ1n) is 6.35. The molecule has 2 rings (SSSR count). The predicted octanol–water partition coefficient (Wildman–Crippen LogP) is 1.87. The SMILES string of the molecule is CCOC(=O)COc1ccc2c(c1)CC(N)CC2.Cl. The quantitative estimate of drug-likeness (QED) is 0.858. The van der Waals surface area contributed by atoms with Crippen molar-refractivity contribution >= 4 is 18.4 Å². The van der Waals surface area contributed by atoms with E-state index in [4.69, 9.17) is 15.2 Å². The van der Waals surface area contributed by atoms with Gasteiger partial charge in [0.2, 0.25) is 0 Å². The molecular formula is C14H20ClNO3. The first-order valence-corrected chi connectivity index (χ1v) is 6.35. The first-order chi connectivity index (χ1) is 8.69. The molecule has 0 radical (unpaired) electrons. The zero-order valence-corrected chi connectivity index (χ0v) is 11.9. The highest BCUT2D eigenvalue weighted by atomic mass is 35.5. The molecule has 0 spiro atoms. The van der Waals surface area contributed by atoms with Gasteiger partial charge < -0.3 is 15.2 Å². The van der Waals surface area contributed by atoms with Crippen molar-refractivity contribution in [1.82, 2.24) is 0 Å². The molecule has 1 aliphatic carbocycles. The molecule has 19 heavy (non-hydrogen) atoms. The third-order valence-corrected chi connectivity index (χ3v) is 3.11. The fourth-order valence-electron chi connectivity index (χ4n) is 2.20. The average Bonchev–Trinajstić information content (AvgIpc) is 2.36. The Labute approximate surface area is 119 Å². The van der Waals surface area contributed by atoms with Crippen LogP contribution in [0.5, 0.6) is 5.75 Å². The zero-order valence-electron chi connectivity index (χ0n) is 11.1. The van der Waals surface area contributed by atoms with Crippen LogP contribution in [-0.4, -0.2) is 25.2 Å². The minimum absolute atomic E-state index is 0. The molecule has 0 aliphatic heterocycles. The number of nitrogens with two attached hydrogens (primary N) is 1. The van der Waals surface area contributed by atoms with Crippen molar-refractivity contribution < 1.29 is 14.3 Å². The van der Waals surface area contributed by atoms with E-state index < -0.39 is 0 Å². The second kappa shape index (κ2) is 7.36. The molecule has 0 bridgehead atoms. The minimum Gasteiger partial charge on any atom is -0.482 e. The highest BCUT2D eigenvalue weighted by molar-refractivity contribution is 5.85. The van der Waals surface area contributed by atoms with Crippen LogP contribution in [0.3, 0.4) is 0 Å². The third-order valence-electron chi connectivity index (χ3n) is 3.11. The van der Waals surface area contributed by atoms with Crippen LogP contribution in [0, 0.1) is 0 Å². The highest BCUT2D eigenvalue weighted by Crippen LogP contribution is 2.24. The van der Waals surface area contributed by atoms with Gasteiger partial charge in [0.1, 0.15) is 5.75 Å². The van der Waals surface area contributed by atoms with Gasteiger partial charge in [0.15, 0.2) is 6.61 Å². The molecule has 106 valence electrons. The summed E-state index contributed by atoms with van der Waals surface area (Å²) in [6.45, 7) is 2.11. The van der Waals surface area contributed by atoms with Crippen LogP contribution < -0.4 is 10.5 Å². The van der Waals surface area contributed by atoms with Gasteiger partial charge in [0.05, 0.1) is 6.61 Å². The topological polar surface area (TPSA) is 61.5 Å². The number of benzene rings is 1. The number of esters is 1. The Morgan fingerprint density at radius 1 is 1.42 bits per heavy atom. The van der Waals surface area contributed by atoms with E-state index in [0.717, 1.165) is 19.3 Å². The smallest absolute Gasteiger partial charge is 0.344 e. The second-order valence-corrected chi connectivity index (χ2v) is 4.53.